The minimum atomic E-state index is -0.878. The standard InChI is InChI=1S/C25H18N2O4/c1-15-9-11-17(12-10-15)27-22(18-7-4-5-13-26-18)21(24(29)25(27)30)23(28)20-14-16-6-2-3-8-19(16)31-20/h2-14,22,29H,1H3. The molecule has 6 heteroatoms. The summed E-state index contributed by atoms with van der Waals surface area (Å²) in [7, 11) is 0. The molecular weight excluding hydrogens is 392 g/mol. The van der Waals surface area contributed by atoms with Crippen molar-refractivity contribution < 1.29 is 19.1 Å². The molecule has 1 amide bonds. The van der Waals surface area contributed by atoms with Gasteiger partial charge in [-0.3, -0.25) is 19.5 Å². The summed E-state index contributed by atoms with van der Waals surface area (Å²) in [5.41, 5.74) is 2.56. The van der Waals surface area contributed by atoms with E-state index in [9.17, 15) is 14.7 Å². The number of pyridine rings is 1. The quantitative estimate of drug-likeness (QED) is 0.483. The summed E-state index contributed by atoms with van der Waals surface area (Å²) in [5.74, 6) is -1.74. The zero-order valence-corrected chi connectivity index (χ0v) is 16.6. The van der Waals surface area contributed by atoms with E-state index in [4.69, 9.17) is 4.42 Å². The zero-order valence-electron chi connectivity index (χ0n) is 16.6. The highest BCUT2D eigenvalue weighted by molar-refractivity contribution is 6.20. The van der Waals surface area contributed by atoms with Gasteiger partial charge in [-0.1, -0.05) is 42.0 Å². The van der Waals surface area contributed by atoms with Crippen molar-refractivity contribution in [3.05, 3.63) is 107 Å². The maximum atomic E-state index is 13.5. The van der Waals surface area contributed by atoms with Crippen molar-refractivity contribution in [3.8, 4) is 0 Å². The van der Waals surface area contributed by atoms with E-state index in [-0.39, 0.29) is 11.3 Å². The molecule has 1 N–H and O–H groups in total. The fraction of sp³-hybridized carbons (Fsp3) is 0.0800. The van der Waals surface area contributed by atoms with Crippen LogP contribution in [0.3, 0.4) is 0 Å². The van der Waals surface area contributed by atoms with Crippen molar-refractivity contribution in [2.24, 2.45) is 0 Å². The SMILES string of the molecule is Cc1ccc(N2C(=O)C(O)=C(C(=O)c3cc4ccccc4o3)C2c2ccccn2)cc1. The van der Waals surface area contributed by atoms with Gasteiger partial charge in [0.1, 0.15) is 11.6 Å². The lowest BCUT2D eigenvalue weighted by Gasteiger charge is -2.26. The number of hydrogen-bond donors (Lipinski definition) is 1. The number of hydrogen-bond acceptors (Lipinski definition) is 5. The summed E-state index contributed by atoms with van der Waals surface area (Å²) >= 11 is 0. The second-order valence-electron chi connectivity index (χ2n) is 7.41. The van der Waals surface area contributed by atoms with E-state index in [1.807, 2.05) is 37.3 Å². The van der Waals surface area contributed by atoms with Crippen LogP contribution in [0.15, 0.2) is 94.7 Å². The number of para-hydroxylation sites is 1. The molecule has 1 atom stereocenters. The van der Waals surface area contributed by atoms with Gasteiger partial charge in [-0.2, -0.15) is 0 Å². The van der Waals surface area contributed by atoms with Gasteiger partial charge >= 0.3 is 0 Å². The lowest BCUT2D eigenvalue weighted by atomic mass is 9.98. The van der Waals surface area contributed by atoms with Gasteiger partial charge in [-0.25, -0.2) is 0 Å². The first-order chi connectivity index (χ1) is 15.0. The number of benzene rings is 2. The Morgan fingerprint density at radius 3 is 2.48 bits per heavy atom. The number of Topliss-reactive ketones (excluding diaryl/α,β-unsaturated/α-hetero) is 1. The summed E-state index contributed by atoms with van der Waals surface area (Å²) in [6.07, 6.45) is 1.59. The number of rotatable bonds is 4. The van der Waals surface area contributed by atoms with Gasteiger partial charge in [0.15, 0.2) is 11.5 Å². The third-order valence-corrected chi connectivity index (χ3v) is 5.38. The smallest absolute Gasteiger partial charge is 0.294 e. The Bertz CT molecular complexity index is 1300. The average Bonchev–Trinajstić information content (AvgIpc) is 3.34. The minimum absolute atomic E-state index is 0.0525. The molecule has 6 nitrogen and oxygen atoms in total. The summed E-state index contributed by atoms with van der Waals surface area (Å²) in [5, 5.41) is 11.5. The molecule has 3 heterocycles. The molecule has 1 unspecified atom stereocenters. The van der Waals surface area contributed by atoms with Crippen molar-refractivity contribution in [1.82, 2.24) is 4.98 Å². The topological polar surface area (TPSA) is 83.6 Å². The summed E-state index contributed by atoms with van der Waals surface area (Å²) in [6, 6.07) is 20.5. The molecule has 31 heavy (non-hydrogen) atoms. The monoisotopic (exact) mass is 410 g/mol. The largest absolute Gasteiger partial charge is 0.503 e. The van der Waals surface area contributed by atoms with E-state index in [0.29, 0.717) is 17.0 Å². The van der Waals surface area contributed by atoms with Gasteiger partial charge in [-0.15, -0.1) is 0 Å². The molecule has 0 spiro atoms. The number of carbonyl (C=O) groups is 2. The van der Waals surface area contributed by atoms with Crippen LogP contribution in [0.1, 0.15) is 27.9 Å². The number of ketones is 1. The molecule has 2 aromatic heterocycles. The average molecular weight is 410 g/mol. The van der Waals surface area contributed by atoms with Crippen molar-refractivity contribution in [2.75, 3.05) is 4.90 Å². The van der Waals surface area contributed by atoms with E-state index in [1.165, 1.54) is 4.90 Å². The number of fused-ring (bicyclic) bond motifs is 1. The van der Waals surface area contributed by atoms with Gasteiger partial charge in [0, 0.05) is 17.3 Å². The van der Waals surface area contributed by atoms with Crippen molar-refractivity contribution in [3.63, 3.8) is 0 Å². The number of amides is 1. The predicted molar refractivity (Wildman–Crippen MR) is 116 cm³/mol. The number of furan rings is 1. The van der Waals surface area contributed by atoms with Crippen molar-refractivity contribution in [1.29, 1.82) is 0 Å². The first-order valence-electron chi connectivity index (χ1n) is 9.82. The number of anilines is 1. The van der Waals surface area contributed by atoms with Crippen LogP contribution in [-0.2, 0) is 4.79 Å². The number of aliphatic hydroxyl groups excluding tert-OH is 1. The van der Waals surface area contributed by atoms with E-state index in [2.05, 4.69) is 4.98 Å². The predicted octanol–water partition coefficient (Wildman–Crippen LogP) is 4.92. The number of carbonyl (C=O) groups excluding carboxylic acids is 2. The lowest BCUT2D eigenvalue weighted by molar-refractivity contribution is -0.117. The normalized spacial score (nSPS) is 16.4. The Kier molecular flexibility index (Phi) is 4.40. The summed E-state index contributed by atoms with van der Waals surface area (Å²) < 4.78 is 5.72. The Balaban J connectivity index is 1.65. The van der Waals surface area contributed by atoms with E-state index >= 15 is 0 Å². The second-order valence-corrected chi connectivity index (χ2v) is 7.41. The van der Waals surface area contributed by atoms with E-state index in [0.717, 1.165) is 10.9 Å². The van der Waals surface area contributed by atoms with Crippen LogP contribution < -0.4 is 4.90 Å². The lowest BCUT2D eigenvalue weighted by Crippen LogP contribution is -2.31. The molecule has 1 aliphatic rings. The first-order valence-corrected chi connectivity index (χ1v) is 9.82. The minimum Gasteiger partial charge on any atom is -0.503 e. The van der Waals surface area contributed by atoms with Crippen LogP contribution >= 0.6 is 0 Å². The van der Waals surface area contributed by atoms with Gasteiger partial charge in [-0.05, 0) is 43.3 Å². The van der Waals surface area contributed by atoms with Crippen LogP contribution in [0.25, 0.3) is 11.0 Å². The molecule has 2 aromatic carbocycles. The third-order valence-electron chi connectivity index (χ3n) is 5.38. The van der Waals surface area contributed by atoms with Crippen LogP contribution in [0.2, 0.25) is 0 Å². The molecule has 4 aromatic rings. The Hall–Kier alpha value is -4.19. The summed E-state index contributed by atoms with van der Waals surface area (Å²) in [4.78, 5) is 32.3. The number of aliphatic hydroxyl groups is 1. The molecule has 0 fully saturated rings. The second kappa shape index (κ2) is 7.25. The first kappa shape index (κ1) is 18.8. The number of aryl methyl sites for hydroxylation is 1. The van der Waals surface area contributed by atoms with Crippen molar-refractivity contribution >= 4 is 28.3 Å². The van der Waals surface area contributed by atoms with Crippen LogP contribution in [0, 0.1) is 6.92 Å². The number of nitrogens with zero attached hydrogens (tertiary/aromatic N) is 2. The zero-order chi connectivity index (χ0) is 21.5. The van der Waals surface area contributed by atoms with Gasteiger partial charge in [0.05, 0.1) is 11.3 Å². The fourth-order valence-corrected chi connectivity index (χ4v) is 3.85. The van der Waals surface area contributed by atoms with Gasteiger partial charge < -0.3 is 9.52 Å². The fourth-order valence-electron chi connectivity index (χ4n) is 3.85. The Morgan fingerprint density at radius 2 is 1.77 bits per heavy atom. The molecule has 0 saturated carbocycles. The number of aromatic nitrogens is 1. The molecule has 0 bridgehead atoms. The van der Waals surface area contributed by atoms with E-state index < -0.39 is 23.5 Å². The molecule has 1 aliphatic heterocycles. The molecule has 0 saturated heterocycles. The molecule has 0 aliphatic carbocycles. The molecular formula is C25H18N2O4. The molecule has 0 radical (unpaired) electrons. The van der Waals surface area contributed by atoms with Gasteiger partial charge in [0.25, 0.3) is 5.91 Å². The summed E-state index contributed by atoms with van der Waals surface area (Å²) in [6.45, 7) is 1.94. The van der Waals surface area contributed by atoms with Crippen molar-refractivity contribution in [2.45, 2.75) is 13.0 Å². The maximum Gasteiger partial charge on any atom is 0.294 e. The molecule has 152 valence electrons. The Labute approximate surface area is 178 Å². The molecule has 5 rings (SSSR count). The van der Waals surface area contributed by atoms with Crippen LogP contribution in [-0.4, -0.2) is 21.8 Å². The third kappa shape index (κ3) is 3.09. The van der Waals surface area contributed by atoms with Crippen LogP contribution in [0.4, 0.5) is 5.69 Å². The Morgan fingerprint density at radius 1 is 1.03 bits per heavy atom. The highest BCUT2D eigenvalue weighted by Crippen LogP contribution is 2.41. The highest BCUT2D eigenvalue weighted by atomic mass is 16.3. The van der Waals surface area contributed by atoms with E-state index in [1.54, 1.807) is 48.7 Å². The highest BCUT2D eigenvalue weighted by Gasteiger charge is 2.46. The van der Waals surface area contributed by atoms with Crippen LogP contribution in [0.5, 0.6) is 0 Å². The van der Waals surface area contributed by atoms with Gasteiger partial charge in [0.2, 0.25) is 5.78 Å². The maximum absolute atomic E-state index is 13.5.